The van der Waals surface area contributed by atoms with Crippen LogP contribution in [-0.4, -0.2) is 34.1 Å². The van der Waals surface area contributed by atoms with E-state index in [0.717, 1.165) is 48.3 Å². The number of fused-ring (bicyclic) bond motifs is 1. The fraction of sp³-hybridized carbons (Fsp3) is 0.429. The van der Waals surface area contributed by atoms with Crippen LogP contribution in [0.5, 0.6) is 0 Å². The van der Waals surface area contributed by atoms with Crippen LogP contribution in [0.25, 0.3) is 11.1 Å². The average molecular weight is 414 g/mol. The van der Waals surface area contributed by atoms with E-state index < -0.39 is 0 Å². The molecule has 0 spiro atoms. The minimum absolute atomic E-state index is 0.0627. The number of nitrogens with zero attached hydrogens (tertiary/aromatic N) is 4. The molecule has 8 heteroatoms. The number of nitrogens with one attached hydrogen (secondary N) is 1. The van der Waals surface area contributed by atoms with Gasteiger partial charge < -0.3 is 14.7 Å². The zero-order valence-corrected chi connectivity index (χ0v) is 17.4. The molecule has 1 aromatic carbocycles. The molecule has 1 atom stereocenters. The van der Waals surface area contributed by atoms with Crippen molar-refractivity contribution >= 4 is 34.4 Å². The van der Waals surface area contributed by atoms with Gasteiger partial charge in [0.25, 0.3) is 5.71 Å². The van der Waals surface area contributed by atoms with Crippen LogP contribution in [0.15, 0.2) is 28.8 Å². The normalized spacial score (nSPS) is 16.9. The summed E-state index contributed by atoms with van der Waals surface area (Å²) in [4.78, 5) is 24.0. The molecule has 0 bridgehead atoms. The van der Waals surface area contributed by atoms with Crippen molar-refractivity contribution < 1.29 is 9.32 Å². The number of hydrogen-bond donors (Lipinski definition) is 1. The Morgan fingerprint density at radius 1 is 1.31 bits per heavy atom. The molecule has 1 fully saturated rings. The molecule has 29 heavy (non-hydrogen) atoms. The van der Waals surface area contributed by atoms with Crippen LogP contribution in [0, 0.1) is 12.8 Å². The second kappa shape index (κ2) is 8.37. The van der Waals surface area contributed by atoms with E-state index in [4.69, 9.17) is 16.1 Å². The van der Waals surface area contributed by atoms with Crippen LogP contribution in [0.1, 0.15) is 36.8 Å². The van der Waals surface area contributed by atoms with Gasteiger partial charge in [0, 0.05) is 24.7 Å². The summed E-state index contributed by atoms with van der Waals surface area (Å²) >= 11 is 5.92. The van der Waals surface area contributed by atoms with E-state index in [0.29, 0.717) is 29.7 Å². The third-order valence-corrected chi connectivity index (χ3v) is 5.56. The van der Waals surface area contributed by atoms with Gasteiger partial charge in [-0.25, -0.2) is 4.98 Å². The predicted molar refractivity (Wildman–Crippen MR) is 112 cm³/mol. The lowest BCUT2D eigenvalue weighted by Gasteiger charge is -2.33. The molecule has 1 aliphatic rings. The topological polar surface area (TPSA) is 84.2 Å². The summed E-state index contributed by atoms with van der Waals surface area (Å²) in [5.74, 6) is 1.43. The molecule has 4 rings (SSSR count). The predicted octanol–water partition coefficient (Wildman–Crippen LogP) is 3.67. The van der Waals surface area contributed by atoms with E-state index in [1.165, 1.54) is 0 Å². The maximum atomic E-state index is 12.8. The molecule has 7 nitrogen and oxygen atoms in total. The fourth-order valence-corrected chi connectivity index (χ4v) is 3.91. The summed E-state index contributed by atoms with van der Waals surface area (Å²) in [5, 5.41) is 8.75. The van der Waals surface area contributed by atoms with Gasteiger partial charge in [-0.3, -0.25) is 4.79 Å². The molecule has 1 N–H and O–H groups in total. The first kappa shape index (κ1) is 19.6. The Balaban J connectivity index is 1.49. The molecule has 1 aliphatic heterocycles. The van der Waals surface area contributed by atoms with Gasteiger partial charge in [0.05, 0.1) is 11.6 Å². The third kappa shape index (κ3) is 4.19. The van der Waals surface area contributed by atoms with Crippen molar-refractivity contribution in [1.29, 1.82) is 0 Å². The summed E-state index contributed by atoms with van der Waals surface area (Å²) < 4.78 is 5.41. The van der Waals surface area contributed by atoms with Crippen LogP contribution in [0.4, 0.5) is 5.82 Å². The van der Waals surface area contributed by atoms with Gasteiger partial charge >= 0.3 is 0 Å². The zero-order valence-electron chi connectivity index (χ0n) is 16.6. The summed E-state index contributed by atoms with van der Waals surface area (Å²) in [7, 11) is 0. The molecule has 152 valence electrons. The van der Waals surface area contributed by atoms with Crippen LogP contribution in [-0.2, 0) is 17.8 Å². The van der Waals surface area contributed by atoms with E-state index in [9.17, 15) is 4.79 Å². The Labute approximate surface area is 174 Å². The fourth-order valence-electron chi connectivity index (χ4n) is 3.78. The summed E-state index contributed by atoms with van der Waals surface area (Å²) in [5.41, 5.74) is 2.39. The average Bonchev–Trinajstić information content (AvgIpc) is 3.15. The van der Waals surface area contributed by atoms with Gasteiger partial charge in [0.2, 0.25) is 5.91 Å². The van der Waals surface area contributed by atoms with E-state index in [-0.39, 0.29) is 11.8 Å². The van der Waals surface area contributed by atoms with E-state index in [1.807, 2.05) is 38.1 Å². The van der Waals surface area contributed by atoms with Crippen molar-refractivity contribution in [2.24, 2.45) is 5.92 Å². The minimum atomic E-state index is -0.0914. The quantitative estimate of drug-likeness (QED) is 0.686. The first-order valence-electron chi connectivity index (χ1n) is 9.95. The highest BCUT2D eigenvalue weighted by Crippen LogP contribution is 2.31. The van der Waals surface area contributed by atoms with E-state index >= 15 is 0 Å². The number of aromatic nitrogens is 3. The molecule has 2 aromatic heterocycles. The highest BCUT2D eigenvalue weighted by molar-refractivity contribution is 6.30. The van der Waals surface area contributed by atoms with Gasteiger partial charge in [-0.05, 0) is 43.9 Å². The molecule has 0 radical (unpaired) electrons. The van der Waals surface area contributed by atoms with Gasteiger partial charge in [-0.1, -0.05) is 35.8 Å². The molecule has 0 saturated carbocycles. The number of halogens is 1. The largest absolute Gasteiger partial charge is 0.355 e. The molecule has 3 heterocycles. The molecular formula is C21H24ClN5O2. The number of piperidine rings is 1. The standard InChI is InChI=1S/C21H24ClN5O2/c1-3-17-18-19(24-13(2)25-21(18)29-26-17)27-10-4-5-15(12-27)20(28)23-11-14-6-8-16(22)9-7-14/h6-9,15H,3-5,10-12H2,1-2H3,(H,23,28). The van der Waals surface area contributed by atoms with E-state index in [2.05, 4.69) is 25.3 Å². The van der Waals surface area contributed by atoms with Crippen molar-refractivity contribution in [3.63, 3.8) is 0 Å². The number of carbonyl (C=O) groups excluding carboxylic acids is 1. The zero-order chi connectivity index (χ0) is 20.4. The van der Waals surface area contributed by atoms with Gasteiger partial charge in [-0.2, -0.15) is 4.98 Å². The Morgan fingerprint density at radius 3 is 2.86 bits per heavy atom. The molecule has 1 amide bonds. The second-order valence-corrected chi connectivity index (χ2v) is 7.82. The summed E-state index contributed by atoms with van der Waals surface area (Å²) in [6.07, 6.45) is 2.53. The highest BCUT2D eigenvalue weighted by atomic mass is 35.5. The number of anilines is 1. The monoisotopic (exact) mass is 413 g/mol. The number of amides is 1. The SMILES string of the molecule is CCc1noc2nc(C)nc(N3CCCC(C(=O)NCc4ccc(Cl)cc4)C3)c12. The number of benzene rings is 1. The van der Waals surface area contributed by atoms with Gasteiger partial charge in [0.1, 0.15) is 17.0 Å². The van der Waals surface area contributed by atoms with Gasteiger partial charge in [0.15, 0.2) is 0 Å². The first-order valence-corrected chi connectivity index (χ1v) is 10.3. The summed E-state index contributed by atoms with van der Waals surface area (Å²) in [6.45, 7) is 5.84. The Bertz CT molecular complexity index is 1020. The molecule has 1 unspecified atom stereocenters. The Hall–Kier alpha value is -2.67. The summed E-state index contributed by atoms with van der Waals surface area (Å²) in [6, 6.07) is 7.51. The molecular weight excluding hydrogens is 390 g/mol. The van der Waals surface area contributed by atoms with Crippen LogP contribution in [0.2, 0.25) is 5.02 Å². The molecule has 1 saturated heterocycles. The Kier molecular flexibility index (Phi) is 5.67. The Morgan fingerprint density at radius 2 is 2.10 bits per heavy atom. The van der Waals surface area contributed by atoms with Crippen molar-refractivity contribution in [1.82, 2.24) is 20.4 Å². The highest BCUT2D eigenvalue weighted by Gasteiger charge is 2.29. The lowest BCUT2D eigenvalue weighted by atomic mass is 9.96. The van der Waals surface area contributed by atoms with Crippen molar-refractivity contribution in [2.45, 2.75) is 39.7 Å². The van der Waals surface area contributed by atoms with Gasteiger partial charge in [-0.15, -0.1) is 0 Å². The maximum absolute atomic E-state index is 12.8. The van der Waals surface area contributed by atoms with Crippen LogP contribution >= 0.6 is 11.6 Å². The maximum Gasteiger partial charge on any atom is 0.263 e. The van der Waals surface area contributed by atoms with Crippen molar-refractivity contribution in [3.8, 4) is 0 Å². The van der Waals surface area contributed by atoms with Crippen LogP contribution in [0.3, 0.4) is 0 Å². The minimum Gasteiger partial charge on any atom is -0.355 e. The number of carbonyl (C=O) groups is 1. The number of hydrogen-bond acceptors (Lipinski definition) is 6. The molecule has 3 aromatic rings. The van der Waals surface area contributed by atoms with Crippen molar-refractivity contribution in [2.75, 3.05) is 18.0 Å². The first-order chi connectivity index (χ1) is 14.0. The van der Waals surface area contributed by atoms with Crippen molar-refractivity contribution in [3.05, 3.63) is 46.4 Å². The smallest absolute Gasteiger partial charge is 0.263 e. The van der Waals surface area contributed by atoms with Crippen LogP contribution < -0.4 is 10.2 Å². The third-order valence-electron chi connectivity index (χ3n) is 5.31. The lowest BCUT2D eigenvalue weighted by Crippen LogP contribution is -2.43. The van der Waals surface area contributed by atoms with E-state index in [1.54, 1.807) is 0 Å². The second-order valence-electron chi connectivity index (χ2n) is 7.39. The number of aryl methyl sites for hydroxylation is 2. The molecule has 0 aliphatic carbocycles. The number of rotatable bonds is 5. The lowest BCUT2D eigenvalue weighted by molar-refractivity contribution is -0.125.